The van der Waals surface area contributed by atoms with E-state index in [9.17, 15) is 9.90 Å². The number of ether oxygens (including phenoxy) is 1. The first kappa shape index (κ1) is 22.7. The molecule has 1 saturated heterocycles. The van der Waals surface area contributed by atoms with E-state index in [-0.39, 0.29) is 18.2 Å². The van der Waals surface area contributed by atoms with Crippen LogP contribution in [0.15, 0.2) is 80.4 Å². The number of halogens is 1. The van der Waals surface area contributed by atoms with Crippen molar-refractivity contribution < 1.29 is 19.1 Å². The summed E-state index contributed by atoms with van der Waals surface area (Å²) in [4.78, 5) is 15.1. The maximum atomic E-state index is 13.1. The Morgan fingerprint density at radius 2 is 1.97 bits per heavy atom. The van der Waals surface area contributed by atoms with Crippen LogP contribution in [0.4, 0.5) is 0 Å². The Kier molecular flexibility index (Phi) is 7.16. The normalized spacial score (nSPS) is 16.4. The van der Waals surface area contributed by atoms with Crippen LogP contribution in [-0.2, 0) is 11.3 Å². The molecule has 1 N–H and O–H groups in total. The van der Waals surface area contributed by atoms with Crippen molar-refractivity contribution in [3.63, 3.8) is 0 Å². The number of carbonyl (C=O) groups excluding carboxylic acids is 1. The molecule has 0 unspecified atom stereocenters. The maximum absolute atomic E-state index is 13.1. The lowest BCUT2D eigenvalue weighted by atomic mass is 10.2. The van der Waals surface area contributed by atoms with Gasteiger partial charge in [-0.05, 0) is 78.4 Å². The number of phenols is 1. The van der Waals surface area contributed by atoms with Crippen LogP contribution < -0.4 is 4.74 Å². The van der Waals surface area contributed by atoms with Gasteiger partial charge in [0.1, 0.15) is 5.76 Å². The van der Waals surface area contributed by atoms with Crippen LogP contribution >= 0.6 is 23.4 Å². The number of hydrogen-bond acceptors (Lipinski definition) is 7. The number of hydrogen-bond donors (Lipinski definition) is 1. The fourth-order valence-electron chi connectivity index (χ4n) is 3.02. The highest BCUT2D eigenvalue weighted by Crippen LogP contribution is 2.34. The highest BCUT2D eigenvalue weighted by Gasteiger charge is 2.34. The molecule has 168 valence electrons. The van der Waals surface area contributed by atoms with Crippen molar-refractivity contribution in [3.05, 3.63) is 87.7 Å². The van der Waals surface area contributed by atoms with Gasteiger partial charge in [-0.15, -0.1) is 5.10 Å². The number of nitrogens with zero attached hydrogens (tertiary/aromatic N) is 3. The molecule has 0 bridgehead atoms. The summed E-state index contributed by atoms with van der Waals surface area (Å²) < 4.78 is 10.8. The minimum Gasteiger partial charge on any atom is -0.504 e. The summed E-state index contributed by atoms with van der Waals surface area (Å²) in [6.45, 7) is 2.50. The number of phenolic OH excluding ortho intramolecular Hbond substituents is 1. The number of furan rings is 1. The van der Waals surface area contributed by atoms with Crippen molar-refractivity contribution in [1.82, 2.24) is 4.90 Å². The van der Waals surface area contributed by atoms with E-state index in [0.717, 1.165) is 5.56 Å². The Morgan fingerprint density at radius 3 is 2.70 bits per heavy atom. The van der Waals surface area contributed by atoms with E-state index < -0.39 is 0 Å². The standard InChI is InChI=1S/C24H20ClN3O4S/c1-2-31-21-12-17(7-10-20(21)29)14-26-27-24-28(15-19-4-3-11-32-19)23(30)22(33-24)13-16-5-8-18(25)9-6-16/h3-14,29H,2,15H2,1H3/b22-13-,26-14-,27-24+. The maximum Gasteiger partial charge on any atom is 0.267 e. The SMILES string of the molecule is CCOc1cc(/C=N\N=C2\S/C(=C\c3ccc(Cl)cc3)C(=O)N2Cc2ccco2)ccc1O. The van der Waals surface area contributed by atoms with Crippen molar-refractivity contribution in [3.8, 4) is 11.5 Å². The zero-order valence-corrected chi connectivity index (χ0v) is 19.2. The fourth-order valence-corrected chi connectivity index (χ4v) is 4.08. The molecule has 1 fully saturated rings. The molecule has 9 heteroatoms. The molecule has 7 nitrogen and oxygen atoms in total. The smallest absolute Gasteiger partial charge is 0.267 e. The highest BCUT2D eigenvalue weighted by molar-refractivity contribution is 8.18. The van der Waals surface area contributed by atoms with E-state index in [1.54, 1.807) is 48.7 Å². The quantitative estimate of drug-likeness (QED) is 0.272. The van der Waals surface area contributed by atoms with E-state index >= 15 is 0 Å². The lowest BCUT2D eigenvalue weighted by Crippen LogP contribution is -2.28. The molecule has 1 aliphatic rings. The van der Waals surface area contributed by atoms with Crippen molar-refractivity contribution in [1.29, 1.82) is 0 Å². The topological polar surface area (TPSA) is 87.6 Å². The summed E-state index contributed by atoms with van der Waals surface area (Å²) in [5, 5.41) is 19.3. The average molecular weight is 482 g/mol. The molecule has 0 aliphatic carbocycles. The van der Waals surface area contributed by atoms with E-state index in [0.29, 0.717) is 38.8 Å². The minimum atomic E-state index is -0.191. The third-order valence-electron chi connectivity index (χ3n) is 4.58. The number of rotatable bonds is 7. The van der Waals surface area contributed by atoms with Gasteiger partial charge < -0.3 is 14.3 Å². The van der Waals surface area contributed by atoms with Crippen LogP contribution in [0.3, 0.4) is 0 Å². The lowest BCUT2D eigenvalue weighted by Gasteiger charge is -2.12. The van der Waals surface area contributed by atoms with Gasteiger partial charge in [-0.2, -0.15) is 5.10 Å². The molecule has 0 spiro atoms. The molecule has 0 atom stereocenters. The largest absolute Gasteiger partial charge is 0.504 e. The monoisotopic (exact) mass is 481 g/mol. The van der Waals surface area contributed by atoms with Crippen LogP contribution in [0.5, 0.6) is 11.5 Å². The number of carbonyl (C=O) groups is 1. The zero-order chi connectivity index (χ0) is 23.2. The summed E-state index contributed by atoms with van der Waals surface area (Å²) in [6, 6.07) is 15.7. The molecule has 0 saturated carbocycles. The van der Waals surface area contributed by atoms with E-state index in [1.165, 1.54) is 28.9 Å². The summed E-state index contributed by atoms with van der Waals surface area (Å²) in [6.07, 6.45) is 4.88. The molecule has 1 aromatic heterocycles. The molecule has 1 amide bonds. The predicted molar refractivity (Wildman–Crippen MR) is 131 cm³/mol. The minimum absolute atomic E-state index is 0.0545. The first-order chi connectivity index (χ1) is 16.0. The predicted octanol–water partition coefficient (Wildman–Crippen LogP) is 5.54. The van der Waals surface area contributed by atoms with Gasteiger partial charge in [0, 0.05) is 5.02 Å². The molecule has 2 heterocycles. The van der Waals surface area contributed by atoms with Crippen molar-refractivity contribution in [2.45, 2.75) is 13.5 Å². The van der Waals surface area contributed by atoms with Crippen LogP contribution in [-0.4, -0.2) is 33.9 Å². The highest BCUT2D eigenvalue weighted by atomic mass is 35.5. The second kappa shape index (κ2) is 10.4. The number of aromatic hydroxyl groups is 1. The molecular formula is C24H20ClN3O4S. The molecular weight excluding hydrogens is 462 g/mol. The molecule has 2 aromatic carbocycles. The van der Waals surface area contributed by atoms with Gasteiger partial charge in [0.15, 0.2) is 16.7 Å². The first-order valence-electron chi connectivity index (χ1n) is 10.1. The third kappa shape index (κ3) is 5.66. The van der Waals surface area contributed by atoms with Gasteiger partial charge in [0.2, 0.25) is 0 Å². The van der Waals surface area contributed by atoms with Gasteiger partial charge in [-0.3, -0.25) is 9.69 Å². The van der Waals surface area contributed by atoms with E-state index in [1.807, 2.05) is 19.1 Å². The van der Waals surface area contributed by atoms with Gasteiger partial charge in [-0.25, -0.2) is 0 Å². The number of amidine groups is 1. The Bertz CT molecular complexity index is 1220. The Morgan fingerprint density at radius 1 is 1.18 bits per heavy atom. The van der Waals surface area contributed by atoms with Gasteiger partial charge >= 0.3 is 0 Å². The Hall–Kier alpha value is -3.49. The molecule has 1 aliphatic heterocycles. The third-order valence-corrected chi connectivity index (χ3v) is 5.83. The second-order valence-corrected chi connectivity index (χ2v) is 8.37. The summed E-state index contributed by atoms with van der Waals surface area (Å²) >= 11 is 7.19. The fraction of sp³-hybridized carbons (Fsp3) is 0.125. The Balaban J connectivity index is 1.60. The van der Waals surface area contributed by atoms with Crippen molar-refractivity contribution >= 4 is 46.7 Å². The number of amides is 1. The van der Waals surface area contributed by atoms with Gasteiger partial charge in [0.25, 0.3) is 5.91 Å². The number of thioether (sulfide) groups is 1. The summed E-state index contributed by atoms with van der Waals surface area (Å²) in [7, 11) is 0. The summed E-state index contributed by atoms with van der Waals surface area (Å²) in [5.74, 6) is 0.864. The molecule has 4 rings (SSSR count). The first-order valence-corrected chi connectivity index (χ1v) is 11.3. The van der Waals surface area contributed by atoms with Crippen LogP contribution in [0.1, 0.15) is 23.8 Å². The molecule has 0 radical (unpaired) electrons. The van der Waals surface area contributed by atoms with Crippen LogP contribution in [0, 0.1) is 0 Å². The van der Waals surface area contributed by atoms with Crippen molar-refractivity contribution in [2.24, 2.45) is 10.2 Å². The average Bonchev–Trinajstić information content (AvgIpc) is 3.42. The van der Waals surface area contributed by atoms with Gasteiger partial charge in [0.05, 0.1) is 30.5 Å². The molecule has 33 heavy (non-hydrogen) atoms. The lowest BCUT2D eigenvalue weighted by molar-refractivity contribution is -0.122. The van der Waals surface area contributed by atoms with Gasteiger partial charge in [-0.1, -0.05) is 23.7 Å². The van der Waals surface area contributed by atoms with Crippen LogP contribution in [0.2, 0.25) is 5.02 Å². The van der Waals surface area contributed by atoms with Crippen LogP contribution in [0.25, 0.3) is 6.08 Å². The zero-order valence-electron chi connectivity index (χ0n) is 17.6. The van der Waals surface area contributed by atoms with E-state index in [2.05, 4.69) is 10.2 Å². The molecule has 3 aromatic rings. The second-order valence-electron chi connectivity index (χ2n) is 6.92. The van der Waals surface area contributed by atoms with Crippen molar-refractivity contribution in [2.75, 3.05) is 6.61 Å². The number of benzene rings is 2. The van der Waals surface area contributed by atoms with E-state index in [4.69, 9.17) is 20.8 Å². The Labute approximate surface area is 200 Å². The summed E-state index contributed by atoms with van der Waals surface area (Å²) in [5.41, 5.74) is 1.55.